The van der Waals surface area contributed by atoms with Crippen LogP contribution in [0.15, 0.2) is 24.3 Å². The number of thiocarbonyl (C=S) groups is 1. The minimum absolute atomic E-state index is 0.241. The smallest absolute Gasteiger partial charge is 0.269 e. The number of rotatable bonds is 2. The van der Waals surface area contributed by atoms with E-state index in [0.717, 1.165) is 12.8 Å². The van der Waals surface area contributed by atoms with E-state index in [1.807, 2.05) is 0 Å². The molecule has 0 bridgehead atoms. The maximum atomic E-state index is 11.8. The third-order valence-corrected chi connectivity index (χ3v) is 3.81. The minimum atomic E-state index is -0.241. The Morgan fingerprint density at radius 1 is 1.10 bits per heavy atom. The van der Waals surface area contributed by atoms with Crippen LogP contribution in [0.3, 0.4) is 0 Å². The fourth-order valence-corrected chi connectivity index (χ4v) is 2.60. The van der Waals surface area contributed by atoms with Crippen molar-refractivity contribution in [3.8, 4) is 0 Å². The Balaban J connectivity index is 1.75. The lowest BCUT2D eigenvalue weighted by Gasteiger charge is -2.24. The maximum Gasteiger partial charge on any atom is 0.269 e. The molecule has 1 amide bonds. The van der Waals surface area contributed by atoms with Crippen LogP contribution in [0.4, 0.5) is 0 Å². The van der Waals surface area contributed by atoms with E-state index < -0.39 is 0 Å². The third-order valence-electron chi connectivity index (χ3n) is 3.34. The normalized spacial score (nSPS) is 15.4. The van der Waals surface area contributed by atoms with Crippen molar-refractivity contribution < 1.29 is 4.79 Å². The molecule has 0 aromatic heterocycles. The quantitative estimate of drug-likeness (QED) is 0.581. The molecule has 1 saturated carbocycles. The number of hydrogen-bond donors (Lipinski definition) is 3. The number of amides is 1. The van der Waals surface area contributed by atoms with Crippen molar-refractivity contribution in [2.45, 2.75) is 38.1 Å². The van der Waals surface area contributed by atoms with Crippen LogP contribution >= 0.6 is 23.8 Å². The molecule has 0 atom stereocenters. The van der Waals surface area contributed by atoms with Gasteiger partial charge in [0, 0.05) is 16.6 Å². The van der Waals surface area contributed by atoms with Gasteiger partial charge in [0.05, 0.1) is 0 Å². The molecule has 1 aliphatic rings. The van der Waals surface area contributed by atoms with Gasteiger partial charge in [-0.2, -0.15) is 0 Å². The van der Waals surface area contributed by atoms with Gasteiger partial charge in [-0.05, 0) is 49.3 Å². The fourth-order valence-electron chi connectivity index (χ4n) is 2.26. The largest absolute Gasteiger partial charge is 0.359 e. The van der Waals surface area contributed by atoms with Crippen LogP contribution in [0.5, 0.6) is 0 Å². The number of carbonyl (C=O) groups excluding carboxylic acids is 1. The Hall–Kier alpha value is -1.33. The highest BCUT2D eigenvalue weighted by molar-refractivity contribution is 7.80. The number of carbonyl (C=O) groups is 1. The topological polar surface area (TPSA) is 53.2 Å². The van der Waals surface area contributed by atoms with Gasteiger partial charge in [0.15, 0.2) is 5.11 Å². The van der Waals surface area contributed by atoms with Gasteiger partial charge in [0.1, 0.15) is 0 Å². The highest BCUT2D eigenvalue weighted by Gasteiger charge is 2.14. The lowest BCUT2D eigenvalue weighted by Crippen LogP contribution is -2.50. The predicted molar refractivity (Wildman–Crippen MR) is 84.7 cm³/mol. The Kier molecular flexibility index (Phi) is 5.61. The van der Waals surface area contributed by atoms with Gasteiger partial charge in [-0.1, -0.05) is 30.9 Å². The maximum absolute atomic E-state index is 11.8. The van der Waals surface area contributed by atoms with E-state index in [4.69, 9.17) is 23.8 Å². The van der Waals surface area contributed by atoms with Gasteiger partial charge < -0.3 is 5.32 Å². The molecule has 0 heterocycles. The van der Waals surface area contributed by atoms with Crippen molar-refractivity contribution in [1.82, 2.24) is 16.2 Å². The van der Waals surface area contributed by atoms with Gasteiger partial charge in [-0.3, -0.25) is 15.6 Å². The van der Waals surface area contributed by atoms with Crippen LogP contribution < -0.4 is 16.2 Å². The molecule has 20 heavy (non-hydrogen) atoms. The molecule has 0 spiro atoms. The van der Waals surface area contributed by atoms with Gasteiger partial charge in [0.25, 0.3) is 5.91 Å². The van der Waals surface area contributed by atoms with Crippen LogP contribution in [0.2, 0.25) is 5.02 Å². The zero-order valence-electron chi connectivity index (χ0n) is 11.1. The standard InChI is InChI=1S/C14H18ClN3OS/c15-11-8-6-10(7-9-11)13(19)17-18-14(20)16-12-4-2-1-3-5-12/h6-9,12H,1-5H2,(H,17,19)(H2,16,18,20). The highest BCUT2D eigenvalue weighted by Crippen LogP contribution is 2.17. The van der Waals surface area contributed by atoms with Gasteiger partial charge in [-0.15, -0.1) is 0 Å². The monoisotopic (exact) mass is 311 g/mol. The zero-order valence-corrected chi connectivity index (χ0v) is 12.7. The summed E-state index contributed by atoms with van der Waals surface area (Å²) in [4.78, 5) is 11.8. The second-order valence-corrected chi connectivity index (χ2v) is 5.74. The Morgan fingerprint density at radius 3 is 2.40 bits per heavy atom. The van der Waals surface area contributed by atoms with Crippen molar-refractivity contribution in [2.24, 2.45) is 0 Å². The molecule has 0 saturated heterocycles. The molecule has 4 nitrogen and oxygen atoms in total. The van der Waals surface area contributed by atoms with Crippen LogP contribution in [-0.2, 0) is 0 Å². The molecule has 0 radical (unpaired) electrons. The second kappa shape index (κ2) is 7.45. The zero-order chi connectivity index (χ0) is 14.4. The molecule has 3 N–H and O–H groups in total. The molecule has 0 unspecified atom stereocenters. The molecule has 1 fully saturated rings. The SMILES string of the molecule is O=C(NNC(=S)NC1CCCCC1)c1ccc(Cl)cc1. The number of nitrogens with one attached hydrogen (secondary N) is 3. The Labute approximate surface area is 129 Å². The second-order valence-electron chi connectivity index (χ2n) is 4.89. The summed E-state index contributed by atoms with van der Waals surface area (Å²) in [5.74, 6) is -0.241. The van der Waals surface area contributed by atoms with Crippen LogP contribution in [0, 0.1) is 0 Å². The van der Waals surface area contributed by atoms with Crippen molar-refractivity contribution >= 4 is 34.8 Å². The first kappa shape index (κ1) is 15.1. The van der Waals surface area contributed by atoms with E-state index in [0.29, 0.717) is 21.7 Å². The molecular formula is C14H18ClN3OS. The van der Waals surface area contributed by atoms with E-state index in [2.05, 4.69) is 16.2 Å². The number of benzene rings is 1. The fraction of sp³-hybridized carbons (Fsp3) is 0.429. The van der Waals surface area contributed by atoms with Crippen molar-refractivity contribution in [2.75, 3.05) is 0 Å². The van der Waals surface area contributed by atoms with Crippen LogP contribution in [0.25, 0.3) is 0 Å². The van der Waals surface area contributed by atoms with E-state index >= 15 is 0 Å². The van der Waals surface area contributed by atoms with Gasteiger partial charge in [-0.25, -0.2) is 0 Å². The average Bonchev–Trinajstić information content (AvgIpc) is 2.46. The van der Waals surface area contributed by atoms with E-state index in [-0.39, 0.29) is 5.91 Å². The van der Waals surface area contributed by atoms with E-state index in [9.17, 15) is 4.79 Å². The summed E-state index contributed by atoms with van der Waals surface area (Å²) < 4.78 is 0. The third kappa shape index (κ3) is 4.65. The molecule has 1 aliphatic carbocycles. The van der Waals surface area contributed by atoms with Crippen LogP contribution in [-0.4, -0.2) is 17.1 Å². The molecule has 1 aromatic carbocycles. The number of hydrogen-bond acceptors (Lipinski definition) is 2. The summed E-state index contributed by atoms with van der Waals surface area (Å²) in [6, 6.07) is 7.09. The van der Waals surface area contributed by atoms with Gasteiger partial charge in [0.2, 0.25) is 0 Å². The molecule has 0 aliphatic heterocycles. The first-order chi connectivity index (χ1) is 9.65. The van der Waals surface area contributed by atoms with Crippen LogP contribution in [0.1, 0.15) is 42.5 Å². The lowest BCUT2D eigenvalue weighted by atomic mass is 9.96. The number of halogens is 1. The summed E-state index contributed by atoms with van der Waals surface area (Å²) in [5.41, 5.74) is 5.83. The lowest BCUT2D eigenvalue weighted by molar-refractivity contribution is 0.0943. The Bertz CT molecular complexity index is 472. The molecule has 1 aromatic rings. The molecule has 108 valence electrons. The summed E-state index contributed by atoms with van der Waals surface area (Å²) in [7, 11) is 0. The average molecular weight is 312 g/mol. The molecule has 2 rings (SSSR count). The highest BCUT2D eigenvalue weighted by atomic mass is 35.5. The summed E-state index contributed by atoms with van der Waals surface area (Å²) in [6.45, 7) is 0. The predicted octanol–water partition coefficient (Wildman–Crippen LogP) is 2.78. The first-order valence-corrected chi connectivity index (χ1v) is 7.56. The Morgan fingerprint density at radius 2 is 1.75 bits per heavy atom. The molecular weight excluding hydrogens is 294 g/mol. The minimum Gasteiger partial charge on any atom is -0.359 e. The summed E-state index contributed by atoms with van der Waals surface area (Å²) in [5, 5.41) is 4.28. The summed E-state index contributed by atoms with van der Waals surface area (Å²) in [6.07, 6.45) is 6.03. The van der Waals surface area contributed by atoms with E-state index in [1.165, 1.54) is 19.3 Å². The molecule has 6 heteroatoms. The van der Waals surface area contributed by atoms with Crippen molar-refractivity contribution in [3.63, 3.8) is 0 Å². The number of hydrazine groups is 1. The summed E-state index contributed by atoms with van der Waals surface area (Å²) >= 11 is 10.9. The van der Waals surface area contributed by atoms with Crippen molar-refractivity contribution in [1.29, 1.82) is 0 Å². The van der Waals surface area contributed by atoms with Gasteiger partial charge >= 0.3 is 0 Å². The first-order valence-electron chi connectivity index (χ1n) is 6.77. The van der Waals surface area contributed by atoms with Crippen molar-refractivity contribution in [3.05, 3.63) is 34.9 Å². The van der Waals surface area contributed by atoms with E-state index in [1.54, 1.807) is 24.3 Å².